The molecule has 6 heteroatoms. The van der Waals surface area contributed by atoms with E-state index in [4.69, 9.17) is 9.47 Å². The van der Waals surface area contributed by atoms with Gasteiger partial charge < -0.3 is 14.8 Å². The largest absolute Gasteiger partial charge is 0.490 e. The van der Waals surface area contributed by atoms with Gasteiger partial charge in [0.2, 0.25) is 5.91 Å². The first-order valence-electron chi connectivity index (χ1n) is 7.98. The molecular weight excluding hydrogens is 282 g/mol. The van der Waals surface area contributed by atoms with E-state index >= 15 is 0 Å². The standard InChI is InChI=1S/C16H23N3O3/c1-2-4-12-9-13(19-18-12)16(20)17-11-5-6-14-15(10-11)22-8-3-7-21-14/h5-6,10,12-13,18-19H,2-4,7-9H2,1H3,(H,17,20). The average Bonchev–Trinajstić information content (AvgIpc) is 2.86. The van der Waals surface area contributed by atoms with Gasteiger partial charge in [-0.15, -0.1) is 0 Å². The minimum Gasteiger partial charge on any atom is -0.490 e. The molecule has 0 saturated carbocycles. The molecule has 120 valence electrons. The Morgan fingerprint density at radius 3 is 2.91 bits per heavy atom. The normalized spacial score (nSPS) is 23.9. The molecule has 2 atom stereocenters. The van der Waals surface area contributed by atoms with Crippen LogP contribution in [0.2, 0.25) is 0 Å². The number of carbonyl (C=O) groups excluding carboxylic acids is 1. The molecule has 2 aliphatic rings. The van der Waals surface area contributed by atoms with E-state index in [0.29, 0.717) is 25.0 Å². The van der Waals surface area contributed by atoms with Crippen LogP contribution in [0.3, 0.4) is 0 Å². The summed E-state index contributed by atoms with van der Waals surface area (Å²) in [5.41, 5.74) is 6.97. The molecule has 1 aromatic carbocycles. The zero-order chi connectivity index (χ0) is 15.4. The number of nitrogens with one attached hydrogen (secondary N) is 3. The van der Waals surface area contributed by atoms with Crippen molar-refractivity contribution >= 4 is 11.6 Å². The molecule has 2 aliphatic heterocycles. The molecule has 3 N–H and O–H groups in total. The molecule has 3 rings (SSSR count). The Morgan fingerprint density at radius 2 is 2.09 bits per heavy atom. The van der Waals surface area contributed by atoms with Gasteiger partial charge in [-0.25, -0.2) is 5.43 Å². The predicted molar refractivity (Wildman–Crippen MR) is 84.1 cm³/mol. The Bertz CT molecular complexity index is 535. The van der Waals surface area contributed by atoms with Gasteiger partial charge in [-0.3, -0.25) is 10.2 Å². The van der Waals surface area contributed by atoms with E-state index in [1.54, 1.807) is 0 Å². The van der Waals surface area contributed by atoms with Crippen LogP contribution in [0.15, 0.2) is 18.2 Å². The number of hydrogen-bond donors (Lipinski definition) is 3. The monoisotopic (exact) mass is 305 g/mol. The Labute approximate surface area is 130 Å². The fourth-order valence-electron chi connectivity index (χ4n) is 2.80. The van der Waals surface area contributed by atoms with Gasteiger partial charge in [0.1, 0.15) is 6.04 Å². The van der Waals surface area contributed by atoms with E-state index in [0.717, 1.165) is 37.1 Å². The summed E-state index contributed by atoms with van der Waals surface area (Å²) in [7, 11) is 0. The average molecular weight is 305 g/mol. The van der Waals surface area contributed by atoms with Crippen molar-refractivity contribution in [3.05, 3.63) is 18.2 Å². The van der Waals surface area contributed by atoms with Gasteiger partial charge >= 0.3 is 0 Å². The van der Waals surface area contributed by atoms with Crippen molar-refractivity contribution in [2.45, 2.75) is 44.7 Å². The lowest BCUT2D eigenvalue weighted by Gasteiger charge is -2.13. The van der Waals surface area contributed by atoms with Crippen molar-refractivity contribution in [2.24, 2.45) is 0 Å². The lowest BCUT2D eigenvalue weighted by Crippen LogP contribution is -2.40. The van der Waals surface area contributed by atoms with Gasteiger partial charge in [-0.2, -0.15) is 0 Å². The van der Waals surface area contributed by atoms with E-state index in [1.807, 2.05) is 18.2 Å². The zero-order valence-electron chi connectivity index (χ0n) is 12.9. The quantitative estimate of drug-likeness (QED) is 0.791. The molecule has 1 amide bonds. The topological polar surface area (TPSA) is 71.6 Å². The van der Waals surface area contributed by atoms with Crippen LogP contribution in [0, 0.1) is 0 Å². The Kier molecular flexibility index (Phi) is 4.80. The molecule has 1 fully saturated rings. The first-order valence-corrected chi connectivity index (χ1v) is 7.98. The lowest BCUT2D eigenvalue weighted by atomic mass is 10.1. The SMILES string of the molecule is CCCC1CC(C(=O)Nc2ccc3c(c2)OCCCO3)NN1. The summed E-state index contributed by atoms with van der Waals surface area (Å²) in [5, 5.41) is 2.94. The van der Waals surface area contributed by atoms with Crippen LogP contribution in [0.1, 0.15) is 32.6 Å². The number of ether oxygens (including phenoxy) is 2. The van der Waals surface area contributed by atoms with Crippen molar-refractivity contribution in [3.8, 4) is 11.5 Å². The Hall–Kier alpha value is -1.79. The van der Waals surface area contributed by atoms with Crippen molar-refractivity contribution in [3.63, 3.8) is 0 Å². The van der Waals surface area contributed by atoms with Crippen molar-refractivity contribution in [2.75, 3.05) is 18.5 Å². The molecule has 2 heterocycles. The first-order chi connectivity index (χ1) is 10.8. The van der Waals surface area contributed by atoms with Gasteiger partial charge in [0.05, 0.1) is 13.2 Å². The second-order valence-electron chi connectivity index (χ2n) is 5.76. The summed E-state index contributed by atoms with van der Waals surface area (Å²) < 4.78 is 11.2. The summed E-state index contributed by atoms with van der Waals surface area (Å²) in [6.07, 6.45) is 3.85. The van der Waals surface area contributed by atoms with E-state index in [9.17, 15) is 4.79 Å². The van der Waals surface area contributed by atoms with Crippen molar-refractivity contribution < 1.29 is 14.3 Å². The summed E-state index contributed by atoms with van der Waals surface area (Å²) in [4.78, 5) is 12.3. The number of carbonyl (C=O) groups is 1. The Balaban J connectivity index is 1.61. The summed E-state index contributed by atoms with van der Waals surface area (Å²) in [6, 6.07) is 5.68. The minimum absolute atomic E-state index is 0.0272. The molecular formula is C16H23N3O3. The fourth-order valence-corrected chi connectivity index (χ4v) is 2.80. The van der Waals surface area contributed by atoms with Gasteiger partial charge in [-0.05, 0) is 25.0 Å². The maximum Gasteiger partial charge on any atom is 0.242 e. The number of fused-ring (bicyclic) bond motifs is 1. The third-order valence-corrected chi connectivity index (χ3v) is 3.95. The van der Waals surface area contributed by atoms with Crippen LogP contribution < -0.4 is 25.6 Å². The van der Waals surface area contributed by atoms with E-state index in [-0.39, 0.29) is 11.9 Å². The third kappa shape index (κ3) is 3.51. The van der Waals surface area contributed by atoms with Gasteiger partial charge in [-0.1, -0.05) is 13.3 Å². The second-order valence-corrected chi connectivity index (χ2v) is 5.76. The maximum absolute atomic E-state index is 12.3. The van der Waals surface area contributed by atoms with Crippen LogP contribution in [0.5, 0.6) is 11.5 Å². The molecule has 0 aromatic heterocycles. The highest BCUT2D eigenvalue weighted by Crippen LogP contribution is 2.32. The summed E-state index contributed by atoms with van der Waals surface area (Å²) in [5.74, 6) is 1.40. The summed E-state index contributed by atoms with van der Waals surface area (Å²) >= 11 is 0. The van der Waals surface area contributed by atoms with Crippen LogP contribution in [0.4, 0.5) is 5.69 Å². The van der Waals surface area contributed by atoms with E-state index in [1.165, 1.54) is 0 Å². The molecule has 0 aliphatic carbocycles. The molecule has 1 saturated heterocycles. The highest BCUT2D eigenvalue weighted by atomic mass is 16.5. The number of amides is 1. The van der Waals surface area contributed by atoms with Gasteiger partial charge in [0.15, 0.2) is 11.5 Å². The molecule has 1 aromatic rings. The van der Waals surface area contributed by atoms with Gasteiger partial charge in [0.25, 0.3) is 0 Å². The number of benzene rings is 1. The molecule has 22 heavy (non-hydrogen) atoms. The van der Waals surface area contributed by atoms with E-state index in [2.05, 4.69) is 23.1 Å². The highest BCUT2D eigenvalue weighted by Gasteiger charge is 2.28. The van der Waals surface area contributed by atoms with Crippen LogP contribution in [-0.4, -0.2) is 31.2 Å². The van der Waals surface area contributed by atoms with E-state index < -0.39 is 0 Å². The number of anilines is 1. The van der Waals surface area contributed by atoms with Crippen molar-refractivity contribution in [1.29, 1.82) is 0 Å². The Morgan fingerprint density at radius 1 is 1.27 bits per heavy atom. The zero-order valence-corrected chi connectivity index (χ0v) is 12.9. The third-order valence-electron chi connectivity index (χ3n) is 3.95. The van der Waals surface area contributed by atoms with Crippen molar-refractivity contribution in [1.82, 2.24) is 10.9 Å². The molecule has 0 bridgehead atoms. The smallest absolute Gasteiger partial charge is 0.242 e. The molecule has 0 radical (unpaired) electrons. The fraction of sp³-hybridized carbons (Fsp3) is 0.562. The molecule has 2 unspecified atom stereocenters. The first kappa shape index (κ1) is 15.1. The van der Waals surface area contributed by atoms with Crippen LogP contribution >= 0.6 is 0 Å². The minimum atomic E-state index is -0.201. The molecule has 0 spiro atoms. The van der Waals surface area contributed by atoms with Gasteiger partial charge in [0, 0.05) is 24.2 Å². The summed E-state index contributed by atoms with van der Waals surface area (Å²) in [6.45, 7) is 3.44. The number of rotatable bonds is 4. The molecule has 6 nitrogen and oxygen atoms in total. The number of hydrazine groups is 1. The van der Waals surface area contributed by atoms with Crippen LogP contribution in [-0.2, 0) is 4.79 Å². The predicted octanol–water partition coefficient (Wildman–Crippen LogP) is 1.82. The van der Waals surface area contributed by atoms with Crippen LogP contribution in [0.25, 0.3) is 0 Å². The number of hydrogen-bond acceptors (Lipinski definition) is 5. The maximum atomic E-state index is 12.3. The highest BCUT2D eigenvalue weighted by molar-refractivity contribution is 5.95. The lowest BCUT2D eigenvalue weighted by molar-refractivity contribution is -0.117. The second kappa shape index (κ2) is 6.98.